The van der Waals surface area contributed by atoms with Gasteiger partial charge in [0.15, 0.2) is 6.04 Å². The molecule has 0 N–H and O–H groups in total. The Labute approximate surface area is 151 Å². The number of nitrogens with zero attached hydrogens (tertiary/aromatic N) is 4. The van der Waals surface area contributed by atoms with Crippen molar-refractivity contribution in [1.82, 2.24) is 20.2 Å². The maximum Gasteiger partial charge on any atom is 0.331 e. The van der Waals surface area contributed by atoms with E-state index in [1.807, 2.05) is 30.3 Å². The molecule has 25 heavy (non-hydrogen) atoms. The van der Waals surface area contributed by atoms with E-state index in [1.165, 1.54) is 17.1 Å². The maximum absolute atomic E-state index is 13.9. The van der Waals surface area contributed by atoms with Gasteiger partial charge in [0.2, 0.25) is 0 Å². The van der Waals surface area contributed by atoms with Crippen molar-refractivity contribution in [3.63, 3.8) is 0 Å². The lowest BCUT2D eigenvalue weighted by molar-refractivity contribution is -0.149. The fraction of sp³-hybridized carbons (Fsp3) is 0.176. The molecule has 6 nitrogen and oxygen atoms in total. The molecule has 0 unspecified atom stereocenters. The molecule has 8 heteroatoms. The van der Waals surface area contributed by atoms with E-state index in [0.29, 0.717) is 16.5 Å². The number of tetrazole rings is 1. The van der Waals surface area contributed by atoms with Gasteiger partial charge in [-0.15, -0.1) is 5.10 Å². The van der Waals surface area contributed by atoms with Gasteiger partial charge in [0.1, 0.15) is 18.8 Å². The van der Waals surface area contributed by atoms with Crippen LogP contribution in [0, 0.1) is 5.82 Å². The Morgan fingerprint density at radius 1 is 1.24 bits per heavy atom. The summed E-state index contributed by atoms with van der Waals surface area (Å²) in [5, 5.41) is 10.9. The first-order valence-electron chi connectivity index (χ1n) is 7.50. The smallest absolute Gasteiger partial charge is 0.331 e. The molecule has 0 spiro atoms. The normalized spacial score (nSPS) is 11.9. The van der Waals surface area contributed by atoms with Gasteiger partial charge in [0, 0.05) is 16.5 Å². The van der Waals surface area contributed by atoms with Crippen LogP contribution in [0.4, 0.5) is 4.39 Å². The molecule has 1 heterocycles. The van der Waals surface area contributed by atoms with Crippen molar-refractivity contribution < 1.29 is 13.9 Å². The fourth-order valence-electron chi connectivity index (χ4n) is 2.32. The summed E-state index contributed by atoms with van der Waals surface area (Å²) in [6, 6.07) is 13.3. The third-order valence-electron chi connectivity index (χ3n) is 3.61. The van der Waals surface area contributed by atoms with Crippen LogP contribution in [0.5, 0.6) is 0 Å². The van der Waals surface area contributed by atoms with Crippen molar-refractivity contribution in [3.05, 3.63) is 76.3 Å². The summed E-state index contributed by atoms with van der Waals surface area (Å²) in [6.07, 6.45) is 1.72. The van der Waals surface area contributed by atoms with Crippen molar-refractivity contribution in [2.45, 2.75) is 19.1 Å². The number of esters is 1. The van der Waals surface area contributed by atoms with Crippen molar-refractivity contribution in [2.24, 2.45) is 0 Å². The molecule has 0 bridgehead atoms. The minimum atomic E-state index is -0.726. The number of benzene rings is 2. The fourth-order valence-corrected chi connectivity index (χ4v) is 2.65. The number of aromatic nitrogens is 4. The van der Waals surface area contributed by atoms with E-state index in [4.69, 9.17) is 4.74 Å². The molecule has 0 aliphatic heterocycles. The first-order chi connectivity index (χ1) is 12.1. The SMILES string of the molecule is O=C(OCc1ccc(Br)cc1F)[C@H](Cc1ccccc1)n1cnnn1. The molecule has 0 saturated carbocycles. The summed E-state index contributed by atoms with van der Waals surface area (Å²) in [7, 11) is 0. The van der Waals surface area contributed by atoms with E-state index in [-0.39, 0.29) is 6.61 Å². The molecule has 0 fully saturated rings. The van der Waals surface area contributed by atoms with Crippen LogP contribution in [0.1, 0.15) is 17.2 Å². The Bertz CT molecular complexity index is 843. The lowest BCUT2D eigenvalue weighted by atomic mass is 10.1. The number of carbonyl (C=O) groups is 1. The molecule has 0 aliphatic carbocycles. The third kappa shape index (κ3) is 4.48. The average Bonchev–Trinajstić information content (AvgIpc) is 3.14. The lowest BCUT2D eigenvalue weighted by Crippen LogP contribution is -2.25. The maximum atomic E-state index is 13.9. The predicted octanol–water partition coefficient (Wildman–Crippen LogP) is 3.10. The second-order valence-corrected chi connectivity index (χ2v) is 6.25. The quantitative estimate of drug-likeness (QED) is 0.590. The highest BCUT2D eigenvalue weighted by Gasteiger charge is 2.24. The second-order valence-electron chi connectivity index (χ2n) is 5.34. The molecule has 1 atom stereocenters. The van der Waals surface area contributed by atoms with Crippen LogP contribution in [0.3, 0.4) is 0 Å². The zero-order valence-corrected chi connectivity index (χ0v) is 14.6. The van der Waals surface area contributed by atoms with Crippen LogP contribution < -0.4 is 0 Å². The molecule has 3 aromatic rings. The number of hydrogen-bond donors (Lipinski definition) is 0. The molecule has 0 saturated heterocycles. The van der Waals surface area contributed by atoms with E-state index in [2.05, 4.69) is 31.5 Å². The summed E-state index contributed by atoms with van der Waals surface area (Å²) in [5.41, 5.74) is 1.24. The van der Waals surface area contributed by atoms with Gasteiger partial charge in [-0.25, -0.2) is 13.9 Å². The summed E-state index contributed by atoms with van der Waals surface area (Å²) >= 11 is 3.19. The molecule has 0 amide bonds. The van der Waals surface area contributed by atoms with E-state index < -0.39 is 17.8 Å². The first kappa shape index (κ1) is 17.2. The largest absolute Gasteiger partial charge is 0.459 e. The van der Waals surface area contributed by atoms with Gasteiger partial charge in [-0.2, -0.15) is 0 Å². The molecule has 2 aromatic carbocycles. The van der Waals surface area contributed by atoms with E-state index in [0.717, 1.165) is 5.56 Å². The van der Waals surface area contributed by atoms with Crippen LogP contribution in [-0.4, -0.2) is 26.2 Å². The molecule has 1 aromatic heterocycles. The number of halogens is 2. The van der Waals surface area contributed by atoms with Gasteiger partial charge in [0.05, 0.1) is 0 Å². The molecular formula is C17H14BrFN4O2. The standard InChI is InChI=1S/C17H14BrFN4O2/c18-14-7-6-13(15(19)9-14)10-25-17(24)16(23-11-20-21-22-23)8-12-4-2-1-3-5-12/h1-7,9,11,16H,8,10H2/t16-/m0/s1. The molecule has 0 aliphatic rings. The number of carbonyl (C=O) groups excluding carboxylic acids is 1. The van der Waals surface area contributed by atoms with Crippen molar-refractivity contribution in [1.29, 1.82) is 0 Å². The molecule has 0 radical (unpaired) electrons. The highest BCUT2D eigenvalue weighted by molar-refractivity contribution is 9.10. The van der Waals surface area contributed by atoms with E-state index in [9.17, 15) is 9.18 Å². The Kier molecular flexibility index (Phi) is 5.49. The highest BCUT2D eigenvalue weighted by atomic mass is 79.9. The van der Waals surface area contributed by atoms with Crippen LogP contribution in [0.25, 0.3) is 0 Å². The van der Waals surface area contributed by atoms with Gasteiger partial charge in [-0.3, -0.25) is 0 Å². The Hall–Kier alpha value is -2.61. The summed E-state index contributed by atoms with van der Waals surface area (Å²) < 4.78 is 21.1. The molecule has 3 rings (SSSR count). The van der Waals surface area contributed by atoms with Gasteiger partial charge < -0.3 is 4.74 Å². The van der Waals surface area contributed by atoms with Crippen molar-refractivity contribution in [2.75, 3.05) is 0 Å². The number of rotatable bonds is 6. The van der Waals surface area contributed by atoms with Gasteiger partial charge in [-0.1, -0.05) is 52.3 Å². The second kappa shape index (κ2) is 7.98. The van der Waals surface area contributed by atoms with Crippen LogP contribution >= 0.6 is 15.9 Å². The summed E-state index contributed by atoms with van der Waals surface area (Å²) in [5.74, 6) is -0.970. The van der Waals surface area contributed by atoms with Crippen LogP contribution in [-0.2, 0) is 22.6 Å². The summed E-state index contributed by atoms with van der Waals surface area (Å²) in [6.45, 7) is -0.161. The van der Waals surface area contributed by atoms with E-state index in [1.54, 1.807) is 12.1 Å². The van der Waals surface area contributed by atoms with Gasteiger partial charge >= 0.3 is 5.97 Å². The minimum Gasteiger partial charge on any atom is -0.459 e. The zero-order valence-electron chi connectivity index (χ0n) is 13.0. The highest BCUT2D eigenvalue weighted by Crippen LogP contribution is 2.19. The van der Waals surface area contributed by atoms with Crippen molar-refractivity contribution >= 4 is 21.9 Å². The predicted molar refractivity (Wildman–Crippen MR) is 90.9 cm³/mol. The Morgan fingerprint density at radius 3 is 2.72 bits per heavy atom. The molecule has 128 valence electrons. The van der Waals surface area contributed by atoms with E-state index >= 15 is 0 Å². The topological polar surface area (TPSA) is 69.9 Å². The van der Waals surface area contributed by atoms with Gasteiger partial charge in [0.25, 0.3) is 0 Å². The Morgan fingerprint density at radius 2 is 2.04 bits per heavy atom. The van der Waals surface area contributed by atoms with Crippen molar-refractivity contribution in [3.8, 4) is 0 Å². The van der Waals surface area contributed by atoms with Crippen LogP contribution in [0.15, 0.2) is 59.3 Å². The number of ether oxygens (including phenoxy) is 1. The zero-order chi connectivity index (χ0) is 17.6. The Balaban J connectivity index is 1.73. The monoisotopic (exact) mass is 404 g/mol. The average molecular weight is 405 g/mol. The van der Waals surface area contributed by atoms with Gasteiger partial charge in [-0.05, 0) is 28.1 Å². The molecular weight excluding hydrogens is 391 g/mol. The van der Waals surface area contributed by atoms with Crippen LogP contribution in [0.2, 0.25) is 0 Å². The summed E-state index contributed by atoms with van der Waals surface area (Å²) in [4.78, 5) is 12.5. The first-order valence-corrected chi connectivity index (χ1v) is 8.30. The minimum absolute atomic E-state index is 0.161. The lowest BCUT2D eigenvalue weighted by Gasteiger charge is -2.16. The third-order valence-corrected chi connectivity index (χ3v) is 4.11. The number of hydrogen-bond acceptors (Lipinski definition) is 5.